The Bertz CT molecular complexity index is 1220. The van der Waals surface area contributed by atoms with E-state index in [4.69, 9.17) is 4.74 Å². The number of nitrogens with zero attached hydrogens (tertiary/aromatic N) is 2. The second-order valence-electron chi connectivity index (χ2n) is 10.0. The summed E-state index contributed by atoms with van der Waals surface area (Å²) in [5.41, 5.74) is 1.89. The maximum absolute atomic E-state index is 12.2. The predicted molar refractivity (Wildman–Crippen MR) is 141 cm³/mol. The molecular weight excluding hydrogens is 525 g/mol. The predicted octanol–water partition coefficient (Wildman–Crippen LogP) is 6.65. The van der Waals surface area contributed by atoms with Crippen molar-refractivity contribution >= 4 is 34.0 Å². The van der Waals surface area contributed by atoms with E-state index >= 15 is 0 Å². The van der Waals surface area contributed by atoms with Crippen LogP contribution in [0.25, 0.3) is 10.9 Å². The summed E-state index contributed by atoms with van der Waals surface area (Å²) >= 11 is 0. The molecule has 1 saturated carbocycles. The van der Waals surface area contributed by atoms with E-state index in [-0.39, 0.29) is 44.0 Å². The molecule has 0 unspecified atom stereocenters. The van der Waals surface area contributed by atoms with E-state index in [1.165, 1.54) is 38.4 Å². The van der Waals surface area contributed by atoms with Crippen LogP contribution in [0.15, 0.2) is 42.7 Å². The Morgan fingerprint density at radius 1 is 1.00 bits per heavy atom. The van der Waals surface area contributed by atoms with Gasteiger partial charge in [-0.15, -0.1) is 18.2 Å². The van der Waals surface area contributed by atoms with E-state index in [0.29, 0.717) is 23.0 Å². The summed E-state index contributed by atoms with van der Waals surface area (Å²) in [7, 11) is 0. The Hall–Kier alpha value is -2.49. The molecule has 1 aliphatic rings. The van der Waals surface area contributed by atoms with Gasteiger partial charge in [0.2, 0.25) is 0 Å². The molecule has 0 spiro atoms. The number of hydrogen-bond acceptors (Lipinski definition) is 5. The maximum atomic E-state index is 12.2. The zero-order valence-corrected chi connectivity index (χ0v) is 24.2. The molecule has 0 saturated heterocycles. The SMILES string of the molecule is CC(C)(C)C#CC(=O)Nc1[c-]c2c(Nc3ccc(OC4CCCCCCC4)cc3)ncnc2cc1.[Y]. The zero-order chi connectivity index (χ0) is 24.7. The van der Waals surface area contributed by atoms with E-state index in [1.807, 2.05) is 51.1 Å². The largest absolute Gasteiger partial charge is 0.490 e. The van der Waals surface area contributed by atoms with Crippen molar-refractivity contribution in [1.82, 2.24) is 9.97 Å². The molecule has 4 rings (SSSR count). The van der Waals surface area contributed by atoms with Crippen molar-refractivity contribution in [2.45, 2.75) is 71.8 Å². The van der Waals surface area contributed by atoms with Gasteiger partial charge in [0, 0.05) is 43.8 Å². The van der Waals surface area contributed by atoms with Crippen LogP contribution in [0.1, 0.15) is 65.7 Å². The van der Waals surface area contributed by atoms with Crippen molar-refractivity contribution in [2.75, 3.05) is 10.6 Å². The topological polar surface area (TPSA) is 76.1 Å². The Morgan fingerprint density at radius 3 is 2.39 bits per heavy atom. The summed E-state index contributed by atoms with van der Waals surface area (Å²) in [6, 6.07) is 14.8. The van der Waals surface area contributed by atoms with Crippen molar-refractivity contribution in [3.63, 3.8) is 0 Å². The Labute approximate surface area is 239 Å². The van der Waals surface area contributed by atoms with Gasteiger partial charge in [-0.25, -0.2) is 0 Å². The Kier molecular flexibility index (Phi) is 10.3. The van der Waals surface area contributed by atoms with E-state index in [9.17, 15) is 4.79 Å². The first kappa shape index (κ1) is 28.1. The van der Waals surface area contributed by atoms with Crippen molar-refractivity contribution < 1.29 is 42.2 Å². The van der Waals surface area contributed by atoms with E-state index < -0.39 is 0 Å². The molecule has 1 amide bonds. The molecule has 1 radical (unpaired) electrons. The molecule has 1 fully saturated rings. The Balaban J connectivity index is 0.00000361. The summed E-state index contributed by atoms with van der Waals surface area (Å²) in [6.07, 6.45) is 10.5. The summed E-state index contributed by atoms with van der Waals surface area (Å²) < 4.78 is 6.25. The summed E-state index contributed by atoms with van der Waals surface area (Å²) in [4.78, 5) is 20.9. The molecule has 2 N–H and O–H groups in total. The van der Waals surface area contributed by atoms with Crippen LogP contribution in [0.4, 0.5) is 17.2 Å². The van der Waals surface area contributed by atoms with Crippen LogP contribution in [0, 0.1) is 23.3 Å². The van der Waals surface area contributed by atoms with Gasteiger partial charge in [-0.3, -0.25) is 14.8 Å². The number of ether oxygens (including phenoxy) is 1. The number of aromatic nitrogens is 2. The van der Waals surface area contributed by atoms with Gasteiger partial charge in [0.05, 0.1) is 18.2 Å². The van der Waals surface area contributed by atoms with Gasteiger partial charge in [0.15, 0.2) is 0 Å². The molecule has 7 heteroatoms. The smallest absolute Gasteiger partial charge is 0.298 e. The third-order valence-electron chi connectivity index (χ3n) is 5.82. The van der Waals surface area contributed by atoms with Gasteiger partial charge in [-0.05, 0) is 87.8 Å². The van der Waals surface area contributed by atoms with Gasteiger partial charge >= 0.3 is 0 Å². The first-order chi connectivity index (χ1) is 16.9. The third-order valence-corrected chi connectivity index (χ3v) is 5.82. The number of carbonyl (C=O) groups excluding carboxylic acids is 1. The van der Waals surface area contributed by atoms with Gasteiger partial charge in [-0.2, -0.15) is 0 Å². The fourth-order valence-electron chi connectivity index (χ4n) is 4.04. The van der Waals surface area contributed by atoms with E-state index in [1.54, 1.807) is 6.07 Å². The van der Waals surface area contributed by atoms with Gasteiger partial charge < -0.3 is 15.4 Å². The van der Waals surface area contributed by atoms with Gasteiger partial charge in [-0.1, -0.05) is 30.6 Å². The molecule has 36 heavy (non-hydrogen) atoms. The number of nitrogens with one attached hydrogen (secondary N) is 2. The van der Waals surface area contributed by atoms with Gasteiger partial charge in [0.1, 0.15) is 5.75 Å². The van der Waals surface area contributed by atoms with Crippen LogP contribution < -0.4 is 15.4 Å². The molecule has 1 aromatic heterocycles. The number of anilines is 3. The van der Waals surface area contributed by atoms with Crippen LogP contribution in [0.5, 0.6) is 5.75 Å². The quantitative estimate of drug-likeness (QED) is 0.271. The van der Waals surface area contributed by atoms with Crippen LogP contribution >= 0.6 is 0 Å². The summed E-state index contributed by atoms with van der Waals surface area (Å²) in [5.74, 6) is 6.70. The average molecular weight is 559 g/mol. The molecule has 0 bridgehead atoms. The molecule has 185 valence electrons. The number of fused-ring (bicyclic) bond motifs is 1. The minimum atomic E-state index is -0.373. The maximum Gasteiger partial charge on any atom is 0.298 e. The summed E-state index contributed by atoms with van der Waals surface area (Å²) in [5, 5.41) is 6.81. The molecule has 6 nitrogen and oxygen atoms in total. The zero-order valence-electron chi connectivity index (χ0n) is 21.4. The Morgan fingerprint density at radius 2 is 1.69 bits per heavy atom. The van der Waals surface area contributed by atoms with E-state index in [0.717, 1.165) is 29.8 Å². The fourth-order valence-corrected chi connectivity index (χ4v) is 4.04. The first-order valence-electron chi connectivity index (χ1n) is 12.4. The number of amides is 1. The van der Waals surface area contributed by atoms with Crippen LogP contribution in [-0.4, -0.2) is 22.0 Å². The molecular formula is C29H33N4O2Y-. The monoisotopic (exact) mass is 558 g/mol. The van der Waals surface area contributed by atoms with Crippen LogP contribution in [0.3, 0.4) is 0 Å². The summed E-state index contributed by atoms with van der Waals surface area (Å²) in [6.45, 7) is 5.88. The van der Waals surface area contributed by atoms with Crippen molar-refractivity contribution in [3.8, 4) is 17.6 Å². The van der Waals surface area contributed by atoms with Crippen molar-refractivity contribution in [1.29, 1.82) is 0 Å². The van der Waals surface area contributed by atoms with Crippen LogP contribution in [-0.2, 0) is 37.5 Å². The first-order valence-corrected chi connectivity index (χ1v) is 12.4. The third kappa shape index (κ3) is 8.57. The molecule has 0 aliphatic heterocycles. The number of rotatable bonds is 5. The number of carbonyl (C=O) groups is 1. The molecule has 1 aliphatic carbocycles. The molecule has 1 heterocycles. The van der Waals surface area contributed by atoms with Crippen LogP contribution in [0.2, 0.25) is 0 Å². The second kappa shape index (κ2) is 13.2. The minimum Gasteiger partial charge on any atom is -0.490 e. The van der Waals surface area contributed by atoms with Crippen molar-refractivity contribution in [3.05, 3.63) is 48.8 Å². The molecule has 0 atom stereocenters. The van der Waals surface area contributed by atoms with Gasteiger partial charge in [0.25, 0.3) is 5.91 Å². The van der Waals surface area contributed by atoms with Crippen molar-refractivity contribution in [2.24, 2.45) is 5.41 Å². The molecule has 2 aromatic carbocycles. The fraction of sp³-hybridized carbons (Fsp3) is 0.414. The number of hydrogen-bond donors (Lipinski definition) is 2. The minimum absolute atomic E-state index is 0. The number of benzene rings is 2. The average Bonchev–Trinajstić information content (AvgIpc) is 2.80. The van der Waals surface area contributed by atoms with E-state index in [2.05, 4.69) is 38.5 Å². The normalized spacial score (nSPS) is 14.4. The molecule has 3 aromatic rings. The standard InChI is InChI=1S/C29H33N4O2.Y/c1-29(2,3)18-17-27(34)32-22-13-16-26-25(19-22)28(31-20-30-26)33-21-11-14-24(15-12-21)35-23-9-7-5-4-6-8-10-23;/h11-16,20,23H,4-10H2,1-3H3,(H,32,34)(H,30,31,33);/q-1;. The second-order valence-corrected chi connectivity index (χ2v) is 10.0.